The number of halogens is 2. The van der Waals surface area contributed by atoms with E-state index in [1.807, 2.05) is 0 Å². The van der Waals surface area contributed by atoms with Gasteiger partial charge in [-0.15, -0.1) is 0 Å². The largest absolute Gasteiger partial charge is 0.355 e. The summed E-state index contributed by atoms with van der Waals surface area (Å²) < 4.78 is 60.9. The number of anilines is 1. The minimum Gasteiger partial charge on any atom is -0.355 e. The molecule has 0 aliphatic carbocycles. The lowest BCUT2D eigenvalue weighted by Gasteiger charge is -2.31. The van der Waals surface area contributed by atoms with E-state index in [0.29, 0.717) is 24.1 Å². The van der Waals surface area contributed by atoms with E-state index in [1.165, 1.54) is 47.6 Å². The van der Waals surface area contributed by atoms with Crippen molar-refractivity contribution in [3.63, 3.8) is 0 Å². The zero-order chi connectivity index (χ0) is 25.2. The van der Waals surface area contributed by atoms with Crippen molar-refractivity contribution in [3.05, 3.63) is 76.7 Å². The number of aromatic nitrogens is 1. The van der Waals surface area contributed by atoms with E-state index in [1.54, 1.807) is 25.1 Å². The van der Waals surface area contributed by atoms with Gasteiger partial charge in [0.1, 0.15) is 17.3 Å². The molecule has 1 N–H and O–H groups in total. The van der Waals surface area contributed by atoms with Crippen molar-refractivity contribution in [1.29, 1.82) is 0 Å². The first-order valence-corrected chi connectivity index (χ1v) is 12.6. The molecule has 0 saturated carbocycles. The van der Waals surface area contributed by atoms with E-state index in [0.717, 1.165) is 0 Å². The van der Waals surface area contributed by atoms with Crippen LogP contribution in [0.3, 0.4) is 0 Å². The molecular formula is C25H25F2N3O4S. The van der Waals surface area contributed by atoms with E-state index in [9.17, 15) is 22.0 Å². The predicted molar refractivity (Wildman–Crippen MR) is 128 cm³/mol. The molecule has 2 aromatic carbocycles. The van der Waals surface area contributed by atoms with Gasteiger partial charge in [-0.05, 0) is 68.7 Å². The van der Waals surface area contributed by atoms with Crippen molar-refractivity contribution >= 4 is 33.8 Å². The Morgan fingerprint density at radius 3 is 2.69 bits per heavy atom. The highest BCUT2D eigenvalue weighted by Crippen LogP contribution is 2.30. The van der Waals surface area contributed by atoms with Crippen LogP contribution in [-0.2, 0) is 14.8 Å². The Morgan fingerprint density at radius 2 is 1.94 bits per heavy atom. The van der Waals surface area contributed by atoms with Crippen LogP contribution in [0.5, 0.6) is 0 Å². The van der Waals surface area contributed by atoms with Crippen LogP contribution in [0.25, 0.3) is 12.2 Å². The first-order chi connectivity index (χ1) is 16.7. The van der Waals surface area contributed by atoms with E-state index in [-0.39, 0.29) is 40.9 Å². The van der Waals surface area contributed by atoms with Gasteiger partial charge in [-0.1, -0.05) is 23.4 Å². The van der Waals surface area contributed by atoms with Gasteiger partial charge in [-0.25, -0.2) is 17.2 Å². The zero-order valence-corrected chi connectivity index (χ0v) is 20.1. The average molecular weight is 502 g/mol. The summed E-state index contributed by atoms with van der Waals surface area (Å²) in [7, 11) is -4.05. The van der Waals surface area contributed by atoms with Crippen LogP contribution < -0.4 is 5.32 Å². The highest BCUT2D eigenvalue weighted by atomic mass is 32.2. The van der Waals surface area contributed by atoms with Crippen LogP contribution in [0, 0.1) is 31.4 Å². The maximum absolute atomic E-state index is 14.0. The van der Waals surface area contributed by atoms with E-state index in [2.05, 4.69) is 10.5 Å². The molecule has 0 spiro atoms. The highest BCUT2D eigenvalue weighted by Gasteiger charge is 2.37. The number of rotatable bonds is 6. The molecule has 1 atom stereocenters. The Labute approximate surface area is 202 Å². The molecule has 0 unspecified atom stereocenters. The molecule has 4 rings (SSSR count). The Kier molecular flexibility index (Phi) is 7.13. The number of hydrogen-bond acceptors (Lipinski definition) is 5. The molecule has 1 fully saturated rings. The molecule has 2 heterocycles. The third-order valence-corrected chi connectivity index (χ3v) is 7.98. The highest BCUT2D eigenvalue weighted by molar-refractivity contribution is 7.89. The minimum atomic E-state index is -4.05. The Morgan fingerprint density at radius 1 is 1.17 bits per heavy atom. The second-order valence-electron chi connectivity index (χ2n) is 8.47. The molecule has 1 aliphatic rings. The molecule has 1 saturated heterocycles. The minimum absolute atomic E-state index is 0.0146. The summed E-state index contributed by atoms with van der Waals surface area (Å²) in [6, 6.07) is 10.1. The number of amides is 1. The van der Waals surface area contributed by atoms with Crippen molar-refractivity contribution in [2.75, 3.05) is 18.4 Å². The van der Waals surface area contributed by atoms with Crippen LogP contribution in [0.1, 0.15) is 35.4 Å². The van der Waals surface area contributed by atoms with Gasteiger partial charge in [0.25, 0.3) is 0 Å². The Bertz CT molecular complexity index is 1390. The Balaban J connectivity index is 1.54. The zero-order valence-electron chi connectivity index (χ0n) is 19.3. The molecule has 184 valence electrons. The Hall–Kier alpha value is -3.37. The number of nitrogens with one attached hydrogen (secondary N) is 1. The van der Waals surface area contributed by atoms with Gasteiger partial charge < -0.3 is 9.84 Å². The van der Waals surface area contributed by atoms with E-state index >= 15 is 0 Å². The third-order valence-electron chi connectivity index (χ3n) is 5.95. The number of sulfonamides is 1. The van der Waals surface area contributed by atoms with Gasteiger partial charge in [0, 0.05) is 24.3 Å². The van der Waals surface area contributed by atoms with Gasteiger partial charge in [0.15, 0.2) is 10.7 Å². The molecule has 0 bridgehead atoms. The van der Waals surface area contributed by atoms with Gasteiger partial charge >= 0.3 is 0 Å². The van der Waals surface area contributed by atoms with Gasteiger partial charge in [0.05, 0.1) is 5.92 Å². The molecule has 7 nitrogen and oxygen atoms in total. The lowest BCUT2D eigenvalue weighted by Crippen LogP contribution is -2.44. The smallest absolute Gasteiger partial charge is 0.248 e. The standard InChI is InChI=1S/C25H25F2N3O4S/c1-16-14-20(26)10-11-22(16)28-25(31)19-7-5-13-30(15-19)35(32,33)24-17(2)29-34-23(24)12-9-18-6-3-4-8-21(18)27/h3-4,6,8-12,14,19H,5,7,13,15H2,1-2H3,(H,28,31)/b12-9+/t19-/m1/s1. The van der Waals surface area contributed by atoms with Crippen molar-refractivity contribution in [2.45, 2.75) is 31.6 Å². The van der Waals surface area contributed by atoms with Gasteiger partial charge in [0.2, 0.25) is 15.9 Å². The molecular weight excluding hydrogens is 476 g/mol. The van der Waals surface area contributed by atoms with Crippen LogP contribution >= 0.6 is 0 Å². The fourth-order valence-corrected chi connectivity index (χ4v) is 5.85. The number of aryl methyl sites for hydroxylation is 2. The summed E-state index contributed by atoms with van der Waals surface area (Å²) in [6.07, 6.45) is 3.80. The quantitative estimate of drug-likeness (QED) is 0.525. The summed E-state index contributed by atoms with van der Waals surface area (Å²) in [5.41, 5.74) is 1.50. The lowest BCUT2D eigenvalue weighted by molar-refractivity contribution is -0.120. The second-order valence-corrected chi connectivity index (χ2v) is 10.3. The molecule has 1 aromatic heterocycles. The third kappa shape index (κ3) is 5.33. The molecule has 35 heavy (non-hydrogen) atoms. The van der Waals surface area contributed by atoms with Crippen LogP contribution in [0.2, 0.25) is 0 Å². The van der Waals surface area contributed by atoms with Crippen molar-refractivity contribution in [3.8, 4) is 0 Å². The van der Waals surface area contributed by atoms with E-state index < -0.39 is 27.6 Å². The normalized spacial score (nSPS) is 17.1. The molecule has 1 amide bonds. The molecule has 10 heteroatoms. The first-order valence-electron chi connectivity index (χ1n) is 11.1. The summed E-state index contributed by atoms with van der Waals surface area (Å²) in [5.74, 6) is -1.79. The van der Waals surface area contributed by atoms with Crippen molar-refractivity contribution in [1.82, 2.24) is 9.46 Å². The van der Waals surface area contributed by atoms with Gasteiger partial charge in [-0.2, -0.15) is 4.31 Å². The number of piperidine rings is 1. The monoisotopic (exact) mass is 501 g/mol. The number of carbonyl (C=O) groups is 1. The van der Waals surface area contributed by atoms with Crippen molar-refractivity contribution < 1.29 is 26.5 Å². The fourth-order valence-electron chi connectivity index (χ4n) is 4.08. The van der Waals surface area contributed by atoms with Crippen molar-refractivity contribution in [2.24, 2.45) is 5.92 Å². The van der Waals surface area contributed by atoms with Gasteiger partial charge in [-0.3, -0.25) is 4.79 Å². The average Bonchev–Trinajstić information content (AvgIpc) is 3.21. The summed E-state index contributed by atoms with van der Waals surface area (Å²) in [6.45, 7) is 3.42. The lowest BCUT2D eigenvalue weighted by atomic mass is 9.98. The number of hydrogen-bond donors (Lipinski definition) is 1. The summed E-state index contributed by atoms with van der Waals surface area (Å²) in [4.78, 5) is 12.8. The van der Waals surface area contributed by atoms with Crippen LogP contribution in [0.15, 0.2) is 51.9 Å². The fraction of sp³-hybridized carbons (Fsp3) is 0.280. The van der Waals surface area contributed by atoms with E-state index in [4.69, 9.17) is 4.52 Å². The molecule has 3 aromatic rings. The number of nitrogens with zero attached hydrogens (tertiary/aromatic N) is 2. The first kappa shape index (κ1) is 24.7. The SMILES string of the molecule is Cc1cc(F)ccc1NC(=O)[C@@H]1CCCN(S(=O)(=O)c2c(C)noc2/C=C/c2ccccc2F)C1. The molecule has 1 aliphatic heterocycles. The predicted octanol–water partition coefficient (Wildman–Crippen LogP) is 4.78. The summed E-state index contributed by atoms with van der Waals surface area (Å²) >= 11 is 0. The maximum Gasteiger partial charge on any atom is 0.248 e. The maximum atomic E-state index is 14.0. The van der Waals surface area contributed by atoms with Crippen LogP contribution in [-0.4, -0.2) is 36.9 Å². The molecule has 0 radical (unpaired) electrons. The topological polar surface area (TPSA) is 92.5 Å². The number of benzene rings is 2. The number of carbonyl (C=O) groups excluding carboxylic acids is 1. The second kappa shape index (κ2) is 10.1. The van der Waals surface area contributed by atoms with Crippen LogP contribution in [0.4, 0.5) is 14.5 Å². The summed E-state index contributed by atoms with van der Waals surface area (Å²) in [5, 5.41) is 6.58.